The zero-order chi connectivity index (χ0) is 20.8. The predicted molar refractivity (Wildman–Crippen MR) is 121 cm³/mol. The van der Waals surface area contributed by atoms with Crippen molar-refractivity contribution in [3.8, 4) is 5.69 Å². The minimum Gasteiger partial charge on any atom is -0.378 e. The summed E-state index contributed by atoms with van der Waals surface area (Å²) in [5.41, 5.74) is 2.17. The second-order valence-corrected chi connectivity index (χ2v) is 8.95. The molecule has 0 spiro atoms. The van der Waals surface area contributed by atoms with Gasteiger partial charge >= 0.3 is 0 Å². The van der Waals surface area contributed by atoms with Gasteiger partial charge in [0, 0.05) is 24.5 Å². The van der Waals surface area contributed by atoms with Crippen LogP contribution >= 0.6 is 23.1 Å². The van der Waals surface area contributed by atoms with Crippen molar-refractivity contribution in [2.24, 2.45) is 0 Å². The van der Waals surface area contributed by atoms with Gasteiger partial charge in [0.2, 0.25) is 11.9 Å². The highest BCUT2D eigenvalue weighted by Gasteiger charge is 2.23. The van der Waals surface area contributed by atoms with Crippen molar-refractivity contribution in [2.75, 3.05) is 43.5 Å². The van der Waals surface area contributed by atoms with Crippen LogP contribution in [-0.4, -0.2) is 59.3 Å². The molecule has 1 aliphatic heterocycles. The Hall–Kier alpha value is -2.36. The molecule has 3 heterocycles. The van der Waals surface area contributed by atoms with Crippen molar-refractivity contribution in [1.29, 1.82) is 0 Å². The molecule has 1 N–H and O–H groups in total. The topological polar surface area (TPSA) is 72.3 Å². The molecule has 1 fully saturated rings. The van der Waals surface area contributed by atoms with Gasteiger partial charge in [-0.2, -0.15) is 0 Å². The predicted octanol–water partition coefficient (Wildman–Crippen LogP) is 2.92. The first-order chi connectivity index (χ1) is 14.7. The fraction of sp³-hybridized carbons (Fsp3) is 0.381. The summed E-state index contributed by atoms with van der Waals surface area (Å²) in [6.45, 7) is 5.62. The molecule has 158 valence electrons. The quantitative estimate of drug-likeness (QED) is 0.540. The summed E-state index contributed by atoms with van der Waals surface area (Å²) in [6.07, 6.45) is 0.856. The fourth-order valence-electron chi connectivity index (χ4n) is 3.31. The lowest BCUT2D eigenvalue weighted by Crippen LogP contribution is -2.38. The van der Waals surface area contributed by atoms with Gasteiger partial charge in [-0.1, -0.05) is 36.0 Å². The van der Waals surface area contributed by atoms with E-state index < -0.39 is 0 Å². The molecule has 1 aliphatic rings. The molecule has 4 rings (SSSR count). The smallest absolute Gasteiger partial charge is 0.232 e. The Morgan fingerprint density at radius 3 is 2.80 bits per heavy atom. The molecule has 2 aromatic heterocycles. The minimum atomic E-state index is 0.00353. The number of benzene rings is 1. The number of thioether (sulfide) groups is 1. The third-order valence-corrected chi connectivity index (χ3v) is 6.74. The highest BCUT2D eigenvalue weighted by molar-refractivity contribution is 7.99. The van der Waals surface area contributed by atoms with Crippen LogP contribution in [0.3, 0.4) is 0 Å². The van der Waals surface area contributed by atoms with Crippen molar-refractivity contribution >= 4 is 35.0 Å². The van der Waals surface area contributed by atoms with Gasteiger partial charge in [0.25, 0.3) is 0 Å². The second-order valence-electron chi connectivity index (χ2n) is 6.97. The van der Waals surface area contributed by atoms with Crippen LogP contribution in [0, 0.1) is 6.92 Å². The molecule has 1 amide bonds. The second kappa shape index (κ2) is 10.1. The Labute approximate surface area is 184 Å². The number of anilines is 1. The lowest BCUT2D eigenvalue weighted by molar-refractivity contribution is -0.118. The number of aryl methyl sites for hydroxylation is 1. The van der Waals surface area contributed by atoms with Gasteiger partial charge in [0.1, 0.15) is 0 Å². The summed E-state index contributed by atoms with van der Waals surface area (Å²) in [4.78, 5) is 15.8. The van der Waals surface area contributed by atoms with Crippen LogP contribution < -0.4 is 10.2 Å². The van der Waals surface area contributed by atoms with Crippen molar-refractivity contribution in [1.82, 2.24) is 20.1 Å². The maximum Gasteiger partial charge on any atom is 0.232 e. The summed E-state index contributed by atoms with van der Waals surface area (Å²) in [5, 5.41) is 14.6. The fourth-order valence-corrected chi connectivity index (χ4v) is 4.79. The molecule has 9 heteroatoms. The molecular weight excluding hydrogens is 418 g/mol. The molecule has 0 unspecified atom stereocenters. The largest absolute Gasteiger partial charge is 0.378 e. The highest BCUT2D eigenvalue weighted by Crippen LogP contribution is 2.28. The van der Waals surface area contributed by atoms with Crippen molar-refractivity contribution in [3.63, 3.8) is 0 Å². The van der Waals surface area contributed by atoms with E-state index in [9.17, 15) is 4.79 Å². The first kappa shape index (κ1) is 20.9. The third kappa shape index (κ3) is 5.03. The van der Waals surface area contributed by atoms with E-state index in [4.69, 9.17) is 4.74 Å². The van der Waals surface area contributed by atoms with E-state index in [1.165, 1.54) is 16.6 Å². The number of thiophene rings is 1. The van der Waals surface area contributed by atoms with E-state index in [0.29, 0.717) is 25.5 Å². The van der Waals surface area contributed by atoms with Crippen molar-refractivity contribution < 1.29 is 9.53 Å². The molecule has 3 aromatic rings. The molecule has 0 radical (unpaired) electrons. The van der Waals surface area contributed by atoms with Crippen LogP contribution in [0.2, 0.25) is 0 Å². The lowest BCUT2D eigenvalue weighted by Gasteiger charge is -2.28. The average Bonchev–Trinajstić information content (AvgIpc) is 3.43. The molecular formula is C21H25N5O2S2. The molecule has 0 saturated carbocycles. The number of carbonyl (C=O) groups is 1. The summed E-state index contributed by atoms with van der Waals surface area (Å²) in [5.74, 6) is 1.11. The average molecular weight is 444 g/mol. The van der Waals surface area contributed by atoms with E-state index in [0.717, 1.165) is 41.9 Å². The number of amides is 1. The zero-order valence-electron chi connectivity index (χ0n) is 16.9. The van der Waals surface area contributed by atoms with E-state index in [-0.39, 0.29) is 5.91 Å². The summed E-state index contributed by atoms with van der Waals surface area (Å²) in [7, 11) is 0. The minimum absolute atomic E-state index is 0.00353. The first-order valence-corrected chi connectivity index (χ1v) is 11.8. The molecule has 0 atom stereocenters. The number of morpholine rings is 1. The number of hydrogen-bond donors (Lipinski definition) is 1. The molecule has 7 nitrogen and oxygen atoms in total. The standard InChI is InChI=1S/C21H25N5O2S2/c1-16-5-2-3-7-18(16)26-20(25-10-12-28-13-11-25)23-24-21(26)30-15-19(27)22-9-8-17-6-4-14-29-17/h2-7,14H,8-13,15H2,1H3,(H,22,27). The number of para-hydroxylation sites is 1. The van der Waals surface area contributed by atoms with Crippen LogP contribution in [0.4, 0.5) is 5.95 Å². The number of ether oxygens (including phenoxy) is 1. The van der Waals surface area contributed by atoms with Gasteiger partial charge in [-0.05, 0) is 36.4 Å². The Morgan fingerprint density at radius 2 is 2.03 bits per heavy atom. The van der Waals surface area contributed by atoms with E-state index in [1.807, 2.05) is 18.2 Å². The van der Waals surface area contributed by atoms with Gasteiger partial charge < -0.3 is 15.0 Å². The number of carbonyl (C=O) groups excluding carboxylic acids is 1. The molecule has 0 aliphatic carbocycles. The Balaban J connectivity index is 1.46. The van der Waals surface area contributed by atoms with E-state index in [1.54, 1.807) is 11.3 Å². The van der Waals surface area contributed by atoms with Crippen LogP contribution in [0.15, 0.2) is 46.9 Å². The van der Waals surface area contributed by atoms with Gasteiger partial charge in [-0.25, -0.2) is 0 Å². The van der Waals surface area contributed by atoms with Crippen molar-refractivity contribution in [3.05, 3.63) is 52.2 Å². The molecule has 1 saturated heterocycles. The van der Waals surface area contributed by atoms with Crippen molar-refractivity contribution in [2.45, 2.75) is 18.5 Å². The summed E-state index contributed by atoms with van der Waals surface area (Å²) < 4.78 is 7.54. The van der Waals surface area contributed by atoms with Gasteiger partial charge in [-0.15, -0.1) is 21.5 Å². The normalized spacial score (nSPS) is 14.1. The lowest BCUT2D eigenvalue weighted by atomic mass is 10.2. The van der Waals surface area contributed by atoms with Crippen LogP contribution in [-0.2, 0) is 16.0 Å². The van der Waals surface area contributed by atoms with Crippen LogP contribution in [0.1, 0.15) is 10.4 Å². The van der Waals surface area contributed by atoms with Gasteiger partial charge in [-0.3, -0.25) is 9.36 Å². The maximum atomic E-state index is 12.4. The summed E-state index contributed by atoms with van der Waals surface area (Å²) >= 11 is 3.12. The highest BCUT2D eigenvalue weighted by atomic mass is 32.2. The van der Waals surface area contributed by atoms with E-state index >= 15 is 0 Å². The van der Waals surface area contributed by atoms with E-state index in [2.05, 4.69) is 55.5 Å². The van der Waals surface area contributed by atoms with Gasteiger partial charge in [0.15, 0.2) is 5.16 Å². The van der Waals surface area contributed by atoms with Crippen LogP contribution in [0.5, 0.6) is 0 Å². The number of aromatic nitrogens is 3. The maximum absolute atomic E-state index is 12.4. The summed E-state index contributed by atoms with van der Waals surface area (Å²) in [6, 6.07) is 12.3. The monoisotopic (exact) mass is 443 g/mol. The Morgan fingerprint density at radius 1 is 1.20 bits per heavy atom. The Bertz CT molecular complexity index is 968. The van der Waals surface area contributed by atoms with Gasteiger partial charge in [0.05, 0.1) is 24.7 Å². The van der Waals surface area contributed by atoms with Crippen LogP contribution in [0.25, 0.3) is 5.69 Å². The SMILES string of the molecule is Cc1ccccc1-n1c(SCC(=O)NCCc2cccs2)nnc1N1CCOCC1. The number of hydrogen-bond acceptors (Lipinski definition) is 7. The zero-order valence-corrected chi connectivity index (χ0v) is 18.5. The third-order valence-electron chi connectivity index (χ3n) is 4.87. The molecule has 0 bridgehead atoms. The Kier molecular flexibility index (Phi) is 7.03. The molecule has 1 aromatic carbocycles. The molecule has 30 heavy (non-hydrogen) atoms. The first-order valence-electron chi connectivity index (χ1n) is 9.98. The number of rotatable bonds is 8. The number of nitrogens with zero attached hydrogens (tertiary/aromatic N) is 4. The number of nitrogens with one attached hydrogen (secondary N) is 1.